The number of nitrogens with one attached hydrogen (secondary N) is 1. The van der Waals surface area contributed by atoms with Gasteiger partial charge >= 0.3 is 0 Å². The molecular formula is C21H24N4O3. The van der Waals surface area contributed by atoms with Gasteiger partial charge in [0.05, 0.1) is 19.2 Å². The van der Waals surface area contributed by atoms with Crippen LogP contribution in [-0.2, 0) is 12.1 Å². The van der Waals surface area contributed by atoms with Crippen molar-refractivity contribution >= 4 is 5.91 Å². The van der Waals surface area contributed by atoms with Crippen LogP contribution in [0.4, 0.5) is 0 Å². The Morgan fingerprint density at radius 3 is 2.68 bits per heavy atom. The van der Waals surface area contributed by atoms with Gasteiger partial charge in [0.2, 0.25) is 0 Å². The van der Waals surface area contributed by atoms with Crippen LogP contribution in [0.3, 0.4) is 0 Å². The minimum Gasteiger partial charge on any atom is -0.497 e. The van der Waals surface area contributed by atoms with E-state index >= 15 is 0 Å². The highest BCUT2D eigenvalue weighted by Crippen LogP contribution is 2.39. The third kappa shape index (κ3) is 3.40. The summed E-state index contributed by atoms with van der Waals surface area (Å²) in [6.45, 7) is 2.26. The van der Waals surface area contributed by atoms with Crippen molar-refractivity contribution in [1.29, 1.82) is 0 Å². The van der Waals surface area contributed by atoms with Gasteiger partial charge < -0.3 is 14.6 Å². The molecule has 7 nitrogen and oxygen atoms in total. The summed E-state index contributed by atoms with van der Waals surface area (Å²) >= 11 is 0. The molecule has 1 fully saturated rings. The number of aromatic nitrogens is 3. The highest BCUT2D eigenvalue weighted by Gasteiger charge is 2.38. The van der Waals surface area contributed by atoms with E-state index < -0.39 is 0 Å². The zero-order chi connectivity index (χ0) is 19.6. The van der Waals surface area contributed by atoms with Crippen molar-refractivity contribution in [2.24, 2.45) is 0 Å². The van der Waals surface area contributed by atoms with Crippen LogP contribution in [0.2, 0.25) is 0 Å². The zero-order valence-electron chi connectivity index (χ0n) is 16.1. The largest absolute Gasteiger partial charge is 0.497 e. The number of carbonyl (C=O) groups is 1. The Hall–Kier alpha value is -3.09. The molecule has 146 valence electrons. The Kier molecular flexibility index (Phi) is 4.90. The van der Waals surface area contributed by atoms with Crippen molar-refractivity contribution in [2.45, 2.75) is 44.7 Å². The summed E-state index contributed by atoms with van der Waals surface area (Å²) < 4.78 is 12.4. The van der Waals surface area contributed by atoms with Crippen molar-refractivity contribution in [3.8, 4) is 5.75 Å². The van der Waals surface area contributed by atoms with Gasteiger partial charge in [-0.25, -0.2) is 0 Å². The van der Waals surface area contributed by atoms with Crippen molar-refractivity contribution in [1.82, 2.24) is 20.3 Å². The summed E-state index contributed by atoms with van der Waals surface area (Å²) in [5.74, 6) is 1.22. The van der Waals surface area contributed by atoms with E-state index in [4.69, 9.17) is 9.26 Å². The number of hydrogen-bond donors (Lipinski definition) is 1. The van der Waals surface area contributed by atoms with E-state index in [-0.39, 0.29) is 11.4 Å². The van der Waals surface area contributed by atoms with Crippen LogP contribution in [0.25, 0.3) is 0 Å². The van der Waals surface area contributed by atoms with Gasteiger partial charge in [-0.1, -0.05) is 30.1 Å². The number of nitrogens with zero attached hydrogens (tertiary/aromatic N) is 3. The summed E-state index contributed by atoms with van der Waals surface area (Å²) in [6, 6.07) is 9.78. The second-order valence-corrected chi connectivity index (χ2v) is 7.24. The first-order valence-electron chi connectivity index (χ1n) is 9.51. The Labute approximate surface area is 163 Å². The molecule has 0 saturated heterocycles. The zero-order valence-corrected chi connectivity index (χ0v) is 16.1. The number of rotatable bonds is 6. The molecule has 2 aromatic heterocycles. The van der Waals surface area contributed by atoms with Crippen LogP contribution in [0.5, 0.6) is 5.75 Å². The Morgan fingerprint density at radius 2 is 2.04 bits per heavy atom. The lowest BCUT2D eigenvalue weighted by atomic mass is 9.87. The average molecular weight is 380 g/mol. The number of benzene rings is 1. The first-order valence-corrected chi connectivity index (χ1v) is 9.51. The summed E-state index contributed by atoms with van der Waals surface area (Å²) in [5.41, 5.74) is 1.78. The van der Waals surface area contributed by atoms with E-state index in [1.165, 1.54) is 0 Å². The summed E-state index contributed by atoms with van der Waals surface area (Å²) in [7, 11) is 1.65. The maximum atomic E-state index is 13.2. The van der Waals surface area contributed by atoms with Crippen LogP contribution in [0.15, 0.2) is 47.2 Å². The van der Waals surface area contributed by atoms with Gasteiger partial charge in [0.15, 0.2) is 5.69 Å². The second kappa shape index (κ2) is 7.50. The molecule has 0 bridgehead atoms. The summed E-state index contributed by atoms with van der Waals surface area (Å²) in [6.07, 6.45) is 7.51. The predicted octanol–water partition coefficient (Wildman–Crippen LogP) is 3.44. The average Bonchev–Trinajstić information content (AvgIpc) is 3.46. The lowest BCUT2D eigenvalue weighted by molar-refractivity contribution is 0.0888. The van der Waals surface area contributed by atoms with Gasteiger partial charge in [-0.05, 0) is 43.5 Å². The molecule has 1 aliphatic carbocycles. The summed E-state index contributed by atoms with van der Waals surface area (Å²) in [4.78, 5) is 13.2. The normalized spacial score (nSPS) is 15.5. The van der Waals surface area contributed by atoms with Crippen LogP contribution in [-0.4, -0.2) is 28.0 Å². The molecule has 1 amide bonds. The van der Waals surface area contributed by atoms with Crippen LogP contribution in [0, 0.1) is 6.92 Å². The smallest absolute Gasteiger partial charge is 0.274 e. The van der Waals surface area contributed by atoms with E-state index in [0.717, 1.165) is 42.6 Å². The molecule has 7 heteroatoms. The molecule has 0 aliphatic heterocycles. The number of amides is 1. The molecule has 1 aliphatic rings. The Morgan fingerprint density at radius 1 is 1.29 bits per heavy atom. The highest BCUT2D eigenvalue weighted by atomic mass is 16.5. The quantitative estimate of drug-likeness (QED) is 0.708. The van der Waals surface area contributed by atoms with Crippen molar-refractivity contribution in [3.63, 3.8) is 0 Å². The minimum atomic E-state index is -0.390. The fourth-order valence-electron chi connectivity index (χ4n) is 3.96. The third-order valence-electron chi connectivity index (χ3n) is 5.53. The highest BCUT2D eigenvalue weighted by molar-refractivity contribution is 5.94. The maximum absolute atomic E-state index is 13.2. The number of ether oxygens (including phenoxy) is 1. The van der Waals surface area contributed by atoms with E-state index in [9.17, 15) is 4.79 Å². The standard InChI is InChI=1S/C21H24N4O3/c1-15-18(14-25-13-5-12-22-25)19(24-28-15)20(26)23-21(10-3-4-11-21)16-6-8-17(27-2)9-7-16/h5-9,12-13H,3-4,10-11,14H2,1-2H3,(H,23,26). The molecular weight excluding hydrogens is 356 g/mol. The molecule has 3 aromatic rings. The summed E-state index contributed by atoms with van der Waals surface area (Å²) in [5, 5.41) is 11.5. The number of carbonyl (C=O) groups excluding carboxylic acids is 1. The van der Waals surface area contributed by atoms with Crippen LogP contribution in [0.1, 0.15) is 53.1 Å². The molecule has 0 radical (unpaired) electrons. The minimum absolute atomic E-state index is 0.211. The van der Waals surface area contributed by atoms with Crippen molar-refractivity contribution in [2.75, 3.05) is 7.11 Å². The number of hydrogen-bond acceptors (Lipinski definition) is 5. The Balaban J connectivity index is 1.61. The molecule has 0 atom stereocenters. The molecule has 1 aromatic carbocycles. The fourth-order valence-corrected chi connectivity index (χ4v) is 3.96. The molecule has 0 spiro atoms. The Bertz CT molecular complexity index is 939. The lowest BCUT2D eigenvalue weighted by Crippen LogP contribution is -2.44. The molecule has 1 saturated carbocycles. The first-order chi connectivity index (χ1) is 13.6. The van der Waals surface area contributed by atoms with Crippen LogP contribution < -0.4 is 10.1 Å². The lowest BCUT2D eigenvalue weighted by Gasteiger charge is -2.31. The topological polar surface area (TPSA) is 82.2 Å². The van der Waals surface area contributed by atoms with Gasteiger partial charge in [0, 0.05) is 18.0 Å². The SMILES string of the molecule is COc1ccc(C2(NC(=O)c3noc(C)c3Cn3cccn3)CCCC2)cc1. The van der Waals surface area contributed by atoms with Crippen molar-refractivity contribution in [3.05, 3.63) is 65.3 Å². The van der Waals surface area contributed by atoms with E-state index in [1.54, 1.807) is 18.0 Å². The number of aryl methyl sites for hydroxylation is 1. The molecule has 28 heavy (non-hydrogen) atoms. The maximum Gasteiger partial charge on any atom is 0.274 e. The van der Waals surface area contributed by atoms with Crippen molar-refractivity contribution < 1.29 is 14.1 Å². The van der Waals surface area contributed by atoms with Crippen LogP contribution >= 0.6 is 0 Å². The van der Waals surface area contributed by atoms with Gasteiger partial charge in [-0.2, -0.15) is 5.10 Å². The van der Waals surface area contributed by atoms with Gasteiger partial charge in [-0.3, -0.25) is 9.48 Å². The van der Waals surface area contributed by atoms with Gasteiger partial charge in [0.1, 0.15) is 11.5 Å². The number of methoxy groups -OCH3 is 1. The van der Waals surface area contributed by atoms with Gasteiger partial charge in [0.25, 0.3) is 5.91 Å². The van der Waals surface area contributed by atoms with E-state index in [2.05, 4.69) is 15.6 Å². The first kappa shape index (κ1) is 18.3. The monoisotopic (exact) mass is 380 g/mol. The molecule has 2 heterocycles. The third-order valence-corrected chi connectivity index (χ3v) is 5.53. The molecule has 0 unspecified atom stereocenters. The predicted molar refractivity (Wildman–Crippen MR) is 103 cm³/mol. The molecule has 4 rings (SSSR count). The van der Waals surface area contributed by atoms with E-state index in [1.807, 2.05) is 43.5 Å². The van der Waals surface area contributed by atoms with E-state index in [0.29, 0.717) is 18.0 Å². The van der Waals surface area contributed by atoms with Gasteiger partial charge in [-0.15, -0.1) is 0 Å². The fraction of sp³-hybridized carbons (Fsp3) is 0.381. The molecule has 1 N–H and O–H groups in total. The second-order valence-electron chi connectivity index (χ2n) is 7.24.